The SMILES string of the molecule is Cc1cc(=O)[nH]c(CSc2nc(C)c(C)c(C)c2C#N)n1. The molecule has 0 amide bonds. The summed E-state index contributed by atoms with van der Waals surface area (Å²) < 4.78 is 0. The zero-order valence-corrected chi connectivity index (χ0v) is 13.3. The first-order chi connectivity index (χ1) is 9.92. The van der Waals surface area contributed by atoms with Gasteiger partial charge in [-0.2, -0.15) is 5.26 Å². The summed E-state index contributed by atoms with van der Waals surface area (Å²) in [5.74, 6) is 1.06. The normalized spacial score (nSPS) is 10.4. The van der Waals surface area contributed by atoms with Crippen LogP contribution in [0, 0.1) is 39.0 Å². The molecule has 108 valence electrons. The van der Waals surface area contributed by atoms with Gasteiger partial charge in [-0.25, -0.2) is 9.97 Å². The van der Waals surface area contributed by atoms with Crippen molar-refractivity contribution in [1.82, 2.24) is 15.0 Å². The molecule has 0 atom stereocenters. The zero-order valence-electron chi connectivity index (χ0n) is 12.4. The van der Waals surface area contributed by atoms with Gasteiger partial charge in [0, 0.05) is 17.5 Å². The van der Waals surface area contributed by atoms with Gasteiger partial charge >= 0.3 is 0 Å². The van der Waals surface area contributed by atoms with Crippen LogP contribution in [0.25, 0.3) is 0 Å². The lowest BCUT2D eigenvalue weighted by Crippen LogP contribution is -2.10. The molecule has 1 N–H and O–H groups in total. The molecular formula is C15H16N4OS. The van der Waals surface area contributed by atoms with E-state index in [9.17, 15) is 10.1 Å². The van der Waals surface area contributed by atoms with Gasteiger partial charge in [-0.3, -0.25) is 4.79 Å². The molecule has 0 bridgehead atoms. The number of hydrogen-bond acceptors (Lipinski definition) is 5. The van der Waals surface area contributed by atoms with Gasteiger partial charge in [0.15, 0.2) is 0 Å². The maximum absolute atomic E-state index is 11.4. The van der Waals surface area contributed by atoms with E-state index in [-0.39, 0.29) is 5.56 Å². The Morgan fingerprint density at radius 1 is 1.24 bits per heavy atom. The molecule has 2 aromatic heterocycles. The van der Waals surface area contributed by atoms with E-state index in [1.54, 1.807) is 6.92 Å². The van der Waals surface area contributed by atoms with E-state index in [1.165, 1.54) is 17.8 Å². The Labute approximate surface area is 127 Å². The van der Waals surface area contributed by atoms with Crippen LogP contribution in [0.5, 0.6) is 0 Å². The second kappa shape index (κ2) is 6.10. The molecule has 0 aliphatic carbocycles. The van der Waals surface area contributed by atoms with Gasteiger partial charge in [0.25, 0.3) is 5.56 Å². The zero-order chi connectivity index (χ0) is 15.6. The van der Waals surface area contributed by atoms with Crippen molar-refractivity contribution in [3.8, 4) is 6.07 Å². The fraction of sp³-hybridized carbons (Fsp3) is 0.333. The largest absolute Gasteiger partial charge is 0.310 e. The average Bonchev–Trinajstić information content (AvgIpc) is 2.41. The minimum atomic E-state index is -0.164. The summed E-state index contributed by atoms with van der Waals surface area (Å²) in [6.07, 6.45) is 0. The number of pyridine rings is 1. The van der Waals surface area contributed by atoms with E-state index in [0.29, 0.717) is 27.9 Å². The van der Waals surface area contributed by atoms with Gasteiger partial charge in [-0.05, 0) is 38.8 Å². The number of nitrogens with zero attached hydrogens (tertiary/aromatic N) is 3. The first-order valence-corrected chi connectivity index (χ1v) is 7.48. The van der Waals surface area contributed by atoms with Crippen LogP contribution in [0.15, 0.2) is 15.9 Å². The van der Waals surface area contributed by atoms with Crippen LogP contribution in [0.1, 0.15) is 33.9 Å². The van der Waals surface area contributed by atoms with Gasteiger partial charge < -0.3 is 4.98 Å². The summed E-state index contributed by atoms with van der Waals surface area (Å²) >= 11 is 1.41. The van der Waals surface area contributed by atoms with E-state index in [1.807, 2.05) is 20.8 Å². The van der Waals surface area contributed by atoms with Crippen LogP contribution >= 0.6 is 11.8 Å². The van der Waals surface area contributed by atoms with Crippen molar-refractivity contribution in [2.45, 2.75) is 38.5 Å². The molecule has 6 heteroatoms. The molecule has 0 unspecified atom stereocenters. The highest BCUT2D eigenvalue weighted by Gasteiger charge is 2.13. The molecule has 0 spiro atoms. The van der Waals surface area contributed by atoms with Crippen LogP contribution in [-0.2, 0) is 5.75 Å². The van der Waals surface area contributed by atoms with E-state index in [0.717, 1.165) is 16.8 Å². The van der Waals surface area contributed by atoms with E-state index < -0.39 is 0 Å². The molecule has 2 heterocycles. The molecule has 0 saturated carbocycles. The van der Waals surface area contributed by atoms with E-state index in [4.69, 9.17) is 0 Å². The minimum absolute atomic E-state index is 0.164. The highest BCUT2D eigenvalue weighted by atomic mass is 32.2. The topological polar surface area (TPSA) is 82.4 Å². The highest BCUT2D eigenvalue weighted by Crippen LogP contribution is 2.27. The summed E-state index contributed by atoms with van der Waals surface area (Å²) in [5, 5.41) is 10.0. The Kier molecular flexibility index (Phi) is 4.43. The van der Waals surface area contributed by atoms with Crippen LogP contribution < -0.4 is 5.56 Å². The van der Waals surface area contributed by atoms with E-state index in [2.05, 4.69) is 21.0 Å². The Morgan fingerprint density at radius 3 is 2.57 bits per heavy atom. The predicted octanol–water partition coefficient (Wildman–Crippen LogP) is 2.56. The summed E-state index contributed by atoms with van der Waals surface area (Å²) in [6.45, 7) is 7.61. The van der Waals surface area contributed by atoms with Crippen molar-refractivity contribution in [3.63, 3.8) is 0 Å². The average molecular weight is 300 g/mol. The Morgan fingerprint density at radius 2 is 1.95 bits per heavy atom. The minimum Gasteiger partial charge on any atom is -0.310 e. The standard InChI is InChI=1S/C15H16N4OS/c1-8-5-14(20)19-13(17-8)7-21-15-12(6-16)10(3)9(2)11(4)18-15/h5H,7H2,1-4H3,(H,17,19,20). The monoisotopic (exact) mass is 300 g/mol. The molecule has 0 aliphatic rings. The first-order valence-electron chi connectivity index (χ1n) is 6.50. The van der Waals surface area contributed by atoms with Crippen molar-refractivity contribution in [1.29, 1.82) is 5.26 Å². The van der Waals surface area contributed by atoms with Gasteiger partial charge in [0.1, 0.15) is 16.9 Å². The van der Waals surface area contributed by atoms with Crippen molar-refractivity contribution in [2.24, 2.45) is 0 Å². The fourth-order valence-electron chi connectivity index (χ4n) is 1.99. The predicted molar refractivity (Wildman–Crippen MR) is 82.3 cm³/mol. The van der Waals surface area contributed by atoms with Crippen LogP contribution in [0.3, 0.4) is 0 Å². The number of aromatic amines is 1. The number of hydrogen-bond donors (Lipinski definition) is 1. The van der Waals surface area contributed by atoms with Crippen molar-refractivity contribution >= 4 is 11.8 Å². The summed E-state index contributed by atoms with van der Waals surface area (Å²) in [7, 11) is 0. The van der Waals surface area contributed by atoms with Crippen molar-refractivity contribution in [3.05, 3.63) is 50.3 Å². The van der Waals surface area contributed by atoms with Crippen LogP contribution in [0.2, 0.25) is 0 Å². The number of H-pyrrole nitrogens is 1. The molecule has 0 radical (unpaired) electrons. The van der Waals surface area contributed by atoms with Gasteiger partial charge in [-0.15, -0.1) is 0 Å². The fourth-order valence-corrected chi connectivity index (χ4v) is 2.95. The number of aromatic nitrogens is 3. The third-order valence-corrected chi connectivity index (χ3v) is 4.33. The third-order valence-electron chi connectivity index (χ3n) is 3.34. The lowest BCUT2D eigenvalue weighted by molar-refractivity contribution is 0.958. The second-order valence-electron chi connectivity index (χ2n) is 4.86. The lowest BCUT2D eigenvalue weighted by atomic mass is 10.1. The second-order valence-corrected chi connectivity index (χ2v) is 5.83. The van der Waals surface area contributed by atoms with Crippen LogP contribution in [0.4, 0.5) is 0 Å². The summed E-state index contributed by atoms with van der Waals surface area (Å²) in [6, 6.07) is 3.67. The maximum atomic E-state index is 11.4. The van der Waals surface area contributed by atoms with Gasteiger partial charge in [0.2, 0.25) is 0 Å². The summed E-state index contributed by atoms with van der Waals surface area (Å²) in [4.78, 5) is 22.9. The molecule has 21 heavy (non-hydrogen) atoms. The highest BCUT2D eigenvalue weighted by molar-refractivity contribution is 7.98. The Hall–Kier alpha value is -2.13. The molecule has 2 aromatic rings. The molecule has 5 nitrogen and oxygen atoms in total. The number of aryl methyl sites for hydroxylation is 2. The number of nitriles is 1. The molecule has 0 saturated heterocycles. The van der Waals surface area contributed by atoms with Gasteiger partial charge in [0.05, 0.1) is 11.3 Å². The summed E-state index contributed by atoms with van der Waals surface area (Å²) in [5.41, 5.74) is 4.02. The van der Waals surface area contributed by atoms with Crippen molar-refractivity contribution in [2.75, 3.05) is 0 Å². The number of rotatable bonds is 3. The Bertz CT molecular complexity index is 789. The molecule has 2 rings (SSSR count). The number of nitrogens with one attached hydrogen (secondary N) is 1. The molecule has 0 aromatic carbocycles. The quantitative estimate of drug-likeness (QED) is 0.881. The maximum Gasteiger partial charge on any atom is 0.251 e. The third kappa shape index (κ3) is 3.31. The molecule has 0 aliphatic heterocycles. The molecule has 0 fully saturated rings. The van der Waals surface area contributed by atoms with Crippen LogP contribution in [-0.4, -0.2) is 15.0 Å². The lowest BCUT2D eigenvalue weighted by Gasteiger charge is -2.10. The Balaban J connectivity index is 2.32. The molecular weight excluding hydrogens is 284 g/mol. The van der Waals surface area contributed by atoms with Crippen molar-refractivity contribution < 1.29 is 0 Å². The first kappa shape index (κ1) is 15.3. The van der Waals surface area contributed by atoms with Gasteiger partial charge in [-0.1, -0.05) is 11.8 Å². The number of thioether (sulfide) groups is 1. The smallest absolute Gasteiger partial charge is 0.251 e. The van der Waals surface area contributed by atoms with E-state index >= 15 is 0 Å².